The number of hydrogen-bond donors (Lipinski definition) is 2. The number of hydrazine groups is 1. The molecule has 1 aliphatic heterocycles. The van der Waals surface area contributed by atoms with Crippen LogP contribution in [0.1, 0.15) is 24.9 Å². The maximum atomic E-state index is 5.85. The summed E-state index contributed by atoms with van der Waals surface area (Å²) in [6, 6.07) is 2.37. The van der Waals surface area contributed by atoms with Crippen molar-refractivity contribution >= 4 is 0 Å². The van der Waals surface area contributed by atoms with E-state index < -0.39 is 0 Å². The fourth-order valence-electron chi connectivity index (χ4n) is 2.95. The molecule has 1 aromatic rings. The van der Waals surface area contributed by atoms with Crippen molar-refractivity contribution in [1.29, 1.82) is 0 Å². The number of nitrogens with one attached hydrogen (secondary N) is 1. The van der Waals surface area contributed by atoms with Gasteiger partial charge in [0.2, 0.25) is 0 Å². The van der Waals surface area contributed by atoms with Crippen LogP contribution in [0.4, 0.5) is 0 Å². The number of aromatic nitrogens is 1. The van der Waals surface area contributed by atoms with Crippen LogP contribution in [0.2, 0.25) is 0 Å². The first-order valence-electron chi connectivity index (χ1n) is 7.58. The summed E-state index contributed by atoms with van der Waals surface area (Å²) in [4.78, 5) is 9.02. The van der Waals surface area contributed by atoms with Gasteiger partial charge in [0.15, 0.2) is 0 Å². The molecular formula is C15H27N5O. The number of nitrogens with zero attached hydrogens (tertiary/aromatic N) is 3. The Hall–Kier alpha value is -1.21. The number of likely N-dealkylation sites (N-methyl/N-ethyl adjacent to an activating group) is 2. The summed E-state index contributed by atoms with van der Waals surface area (Å²) in [6.07, 6.45) is 4.79. The van der Waals surface area contributed by atoms with Gasteiger partial charge in [0, 0.05) is 18.8 Å². The van der Waals surface area contributed by atoms with Crippen molar-refractivity contribution in [3.8, 4) is 5.75 Å². The first-order chi connectivity index (χ1) is 10.2. The van der Waals surface area contributed by atoms with Gasteiger partial charge in [0.1, 0.15) is 5.75 Å². The van der Waals surface area contributed by atoms with Crippen molar-refractivity contribution in [3.63, 3.8) is 0 Å². The van der Waals surface area contributed by atoms with Gasteiger partial charge in [-0.2, -0.15) is 0 Å². The van der Waals surface area contributed by atoms with E-state index in [-0.39, 0.29) is 6.04 Å². The van der Waals surface area contributed by atoms with E-state index in [4.69, 9.17) is 10.6 Å². The van der Waals surface area contributed by atoms with E-state index in [9.17, 15) is 0 Å². The molecule has 2 rings (SSSR count). The third kappa shape index (κ3) is 4.14. The Morgan fingerprint density at radius 1 is 1.43 bits per heavy atom. The Morgan fingerprint density at radius 3 is 2.95 bits per heavy atom. The summed E-state index contributed by atoms with van der Waals surface area (Å²) in [5, 5.41) is 0. The van der Waals surface area contributed by atoms with E-state index in [1.807, 2.05) is 19.2 Å². The van der Waals surface area contributed by atoms with E-state index in [1.165, 1.54) is 6.42 Å². The average Bonchev–Trinajstić information content (AvgIpc) is 2.63. The molecule has 0 amide bonds. The number of pyridine rings is 1. The second-order valence-electron chi connectivity index (χ2n) is 5.70. The van der Waals surface area contributed by atoms with Gasteiger partial charge in [-0.15, -0.1) is 0 Å². The first kappa shape index (κ1) is 16.2. The number of nitrogens with two attached hydrogens (primary N) is 1. The molecule has 21 heavy (non-hydrogen) atoms. The maximum Gasteiger partial charge on any atom is 0.137 e. The zero-order chi connectivity index (χ0) is 15.2. The zero-order valence-corrected chi connectivity index (χ0v) is 13.2. The van der Waals surface area contributed by atoms with E-state index in [0.717, 1.165) is 30.9 Å². The summed E-state index contributed by atoms with van der Waals surface area (Å²) in [5.41, 5.74) is 4.04. The Morgan fingerprint density at radius 2 is 2.24 bits per heavy atom. The number of ether oxygens (including phenoxy) is 1. The standard InChI is InChI=1S/C15H27N5O/c1-4-21-13-8-12(9-17-10-13)15(18-16)14-11-19(2)6-5-7-20(14)3/h8-10,14-15,18H,4-7,11,16H2,1-3H3. The smallest absolute Gasteiger partial charge is 0.137 e. The van der Waals surface area contributed by atoms with Crippen LogP contribution in [-0.2, 0) is 0 Å². The molecule has 0 aromatic carbocycles. The summed E-state index contributed by atoms with van der Waals surface area (Å²) < 4.78 is 5.55. The van der Waals surface area contributed by atoms with Crippen LogP contribution in [0.5, 0.6) is 5.75 Å². The highest BCUT2D eigenvalue weighted by Gasteiger charge is 2.29. The minimum atomic E-state index is 0.0310. The molecule has 0 radical (unpaired) electrons. The highest BCUT2D eigenvalue weighted by atomic mass is 16.5. The predicted octanol–water partition coefficient (Wildman–Crippen LogP) is 0.621. The molecule has 0 aliphatic carbocycles. The van der Waals surface area contributed by atoms with Crippen molar-refractivity contribution in [2.24, 2.45) is 5.84 Å². The van der Waals surface area contributed by atoms with Crippen LogP contribution in [0, 0.1) is 0 Å². The second kappa shape index (κ2) is 7.70. The SMILES string of the molecule is CCOc1cncc(C(NN)C2CN(C)CCCN2C)c1. The zero-order valence-electron chi connectivity index (χ0n) is 13.2. The van der Waals surface area contributed by atoms with Gasteiger partial charge in [-0.05, 0) is 52.2 Å². The molecule has 6 nitrogen and oxygen atoms in total. The van der Waals surface area contributed by atoms with Gasteiger partial charge < -0.3 is 14.5 Å². The lowest BCUT2D eigenvalue weighted by Crippen LogP contribution is -2.48. The van der Waals surface area contributed by atoms with Crippen LogP contribution in [0.15, 0.2) is 18.5 Å². The summed E-state index contributed by atoms with van der Waals surface area (Å²) in [7, 11) is 4.32. The van der Waals surface area contributed by atoms with Crippen molar-refractivity contribution in [2.75, 3.05) is 40.3 Å². The number of rotatable bonds is 5. The first-order valence-corrected chi connectivity index (χ1v) is 7.58. The minimum absolute atomic E-state index is 0.0310. The fraction of sp³-hybridized carbons (Fsp3) is 0.667. The second-order valence-corrected chi connectivity index (χ2v) is 5.70. The highest BCUT2D eigenvalue weighted by Crippen LogP contribution is 2.24. The molecule has 1 fully saturated rings. The molecular weight excluding hydrogens is 266 g/mol. The fourth-order valence-corrected chi connectivity index (χ4v) is 2.95. The van der Waals surface area contributed by atoms with E-state index in [0.29, 0.717) is 12.6 Å². The van der Waals surface area contributed by atoms with Crippen LogP contribution in [-0.4, -0.2) is 61.2 Å². The Kier molecular flexibility index (Phi) is 5.93. The minimum Gasteiger partial charge on any atom is -0.492 e. The van der Waals surface area contributed by atoms with Crippen LogP contribution in [0.25, 0.3) is 0 Å². The lowest BCUT2D eigenvalue weighted by molar-refractivity contribution is 0.178. The van der Waals surface area contributed by atoms with Crippen LogP contribution < -0.4 is 16.0 Å². The van der Waals surface area contributed by atoms with Gasteiger partial charge in [-0.1, -0.05) is 0 Å². The summed E-state index contributed by atoms with van der Waals surface area (Å²) in [6.45, 7) is 5.78. The molecule has 1 aliphatic rings. The van der Waals surface area contributed by atoms with Gasteiger partial charge in [-0.3, -0.25) is 16.3 Å². The van der Waals surface area contributed by atoms with Crippen molar-refractivity contribution in [3.05, 3.63) is 24.0 Å². The van der Waals surface area contributed by atoms with E-state index in [2.05, 4.69) is 34.3 Å². The highest BCUT2D eigenvalue weighted by molar-refractivity contribution is 5.27. The van der Waals surface area contributed by atoms with Crippen molar-refractivity contribution in [1.82, 2.24) is 20.2 Å². The lowest BCUT2D eigenvalue weighted by Gasteiger charge is -2.34. The maximum absolute atomic E-state index is 5.85. The molecule has 3 N–H and O–H groups in total. The molecule has 1 saturated heterocycles. The molecule has 0 saturated carbocycles. The summed E-state index contributed by atoms with van der Waals surface area (Å²) in [5.74, 6) is 6.65. The topological polar surface area (TPSA) is 66.7 Å². The normalized spacial score (nSPS) is 22.8. The largest absolute Gasteiger partial charge is 0.492 e. The molecule has 0 spiro atoms. The third-order valence-electron chi connectivity index (χ3n) is 4.08. The molecule has 6 heteroatoms. The number of hydrogen-bond acceptors (Lipinski definition) is 6. The quantitative estimate of drug-likeness (QED) is 0.613. The summed E-state index contributed by atoms with van der Waals surface area (Å²) >= 11 is 0. The molecule has 1 aromatic heterocycles. The molecule has 2 atom stereocenters. The van der Waals surface area contributed by atoms with Crippen LogP contribution >= 0.6 is 0 Å². The Balaban J connectivity index is 2.22. The average molecular weight is 293 g/mol. The van der Waals surface area contributed by atoms with Crippen LogP contribution in [0.3, 0.4) is 0 Å². The molecule has 118 valence electrons. The Bertz CT molecular complexity index is 442. The van der Waals surface area contributed by atoms with Gasteiger partial charge >= 0.3 is 0 Å². The van der Waals surface area contributed by atoms with Gasteiger partial charge in [-0.25, -0.2) is 0 Å². The third-order valence-corrected chi connectivity index (χ3v) is 4.08. The van der Waals surface area contributed by atoms with Crippen molar-refractivity contribution in [2.45, 2.75) is 25.4 Å². The molecule has 0 bridgehead atoms. The predicted molar refractivity (Wildman–Crippen MR) is 84.0 cm³/mol. The van der Waals surface area contributed by atoms with Crippen molar-refractivity contribution < 1.29 is 4.74 Å². The van der Waals surface area contributed by atoms with Gasteiger partial charge in [0.05, 0.1) is 18.8 Å². The van der Waals surface area contributed by atoms with Gasteiger partial charge in [0.25, 0.3) is 0 Å². The van der Waals surface area contributed by atoms with E-state index in [1.54, 1.807) is 6.20 Å². The molecule has 2 unspecified atom stereocenters. The lowest BCUT2D eigenvalue weighted by atomic mass is 10.00. The molecule has 2 heterocycles. The monoisotopic (exact) mass is 293 g/mol. The van der Waals surface area contributed by atoms with E-state index >= 15 is 0 Å². The Labute approximate surface area is 127 Å².